The molecular weight excluding hydrogens is 312 g/mol. The first-order valence-corrected chi connectivity index (χ1v) is 6.85. The molecule has 0 radical (unpaired) electrons. The summed E-state index contributed by atoms with van der Waals surface area (Å²) in [6.45, 7) is 1.68. The van der Waals surface area contributed by atoms with Crippen LogP contribution < -0.4 is 0 Å². The van der Waals surface area contributed by atoms with Gasteiger partial charge in [0.25, 0.3) is 0 Å². The number of Topliss-reactive ketones (excluding diaryl/α,β-unsaturated/α-hetero) is 1. The third kappa shape index (κ3) is 2.92. The van der Waals surface area contributed by atoms with E-state index in [2.05, 4.69) is 0 Å². The molecule has 0 saturated carbocycles. The fraction of sp³-hybridized carbons (Fsp3) is 0.125. The smallest absolute Gasteiger partial charge is 0.184 e. The summed E-state index contributed by atoms with van der Waals surface area (Å²) in [4.78, 5) is 12.5. The Kier molecular flexibility index (Phi) is 4.62. The van der Waals surface area contributed by atoms with Gasteiger partial charge in [0.15, 0.2) is 5.78 Å². The Labute approximate surface area is 131 Å². The van der Waals surface area contributed by atoms with Crippen LogP contribution in [0.4, 0.5) is 4.39 Å². The van der Waals surface area contributed by atoms with Crippen LogP contribution >= 0.6 is 23.2 Å². The summed E-state index contributed by atoms with van der Waals surface area (Å²) < 4.78 is 14.0. The molecule has 2 aromatic rings. The zero-order chi connectivity index (χ0) is 15.6. The second-order valence-electron chi connectivity index (χ2n) is 4.48. The third-order valence-corrected chi connectivity index (χ3v) is 3.92. The Morgan fingerprint density at radius 3 is 2.48 bits per heavy atom. The molecule has 0 saturated heterocycles. The molecule has 0 aliphatic carbocycles. The van der Waals surface area contributed by atoms with Gasteiger partial charge in [0, 0.05) is 16.1 Å². The number of hydrogen-bond acceptors (Lipinski definition) is 2. The summed E-state index contributed by atoms with van der Waals surface area (Å²) in [5.41, 5.74) is 0.828. The molecular formula is C16H10Cl2FNO. The monoisotopic (exact) mass is 321 g/mol. The van der Waals surface area contributed by atoms with E-state index < -0.39 is 17.5 Å². The van der Waals surface area contributed by atoms with E-state index in [4.69, 9.17) is 23.2 Å². The van der Waals surface area contributed by atoms with Crippen molar-refractivity contribution in [2.45, 2.75) is 12.8 Å². The summed E-state index contributed by atoms with van der Waals surface area (Å²) in [6, 6.07) is 10.9. The number of benzene rings is 2. The van der Waals surface area contributed by atoms with Crippen LogP contribution in [0.25, 0.3) is 0 Å². The van der Waals surface area contributed by atoms with E-state index in [-0.39, 0.29) is 10.6 Å². The first kappa shape index (κ1) is 15.5. The van der Waals surface area contributed by atoms with Gasteiger partial charge in [-0.05, 0) is 24.6 Å². The SMILES string of the molecule is Cc1c(Cl)cccc1C(=O)C(C#N)c1cccc(Cl)c1F. The number of ketones is 1. The molecule has 0 N–H and O–H groups in total. The largest absolute Gasteiger partial charge is 0.292 e. The zero-order valence-corrected chi connectivity index (χ0v) is 12.5. The molecule has 2 rings (SSSR count). The number of halogens is 3. The van der Waals surface area contributed by atoms with Gasteiger partial charge in [-0.1, -0.05) is 47.5 Å². The van der Waals surface area contributed by atoms with Crippen LogP contribution in [0.15, 0.2) is 36.4 Å². The summed E-state index contributed by atoms with van der Waals surface area (Å²) in [5.74, 6) is -2.52. The van der Waals surface area contributed by atoms with Gasteiger partial charge in [0.05, 0.1) is 11.1 Å². The minimum atomic E-state index is -1.26. The van der Waals surface area contributed by atoms with Crippen LogP contribution in [-0.2, 0) is 0 Å². The molecule has 0 amide bonds. The van der Waals surface area contributed by atoms with Crippen molar-refractivity contribution in [3.8, 4) is 6.07 Å². The minimum Gasteiger partial charge on any atom is -0.292 e. The Bertz CT molecular complexity index is 752. The van der Waals surface area contributed by atoms with Crippen LogP contribution in [0.1, 0.15) is 27.4 Å². The number of rotatable bonds is 3. The van der Waals surface area contributed by atoms with Crippen LogP contribution in [0.5, 0.6) is 0 Å². The van der Waals surface area contributed by atoms with Gasteiger partial charge in [0.1, 0.15) is 11.7 Å². The highest BCUT2D eigenvalue weighted by Crippen LogP contribution is 2.29. The second-order valence-corrected chi connectivity index (χ2v) is 5.30. The quantitative estimate of drug-likeness (QED) is 0.752. The fourth-order valence-corrected chi connectivity index (χ4v) is 2.40. The van der Waals surface area contributed by atoms with Crippen LogP contribution in [0.2, 0.25) is 10.0 Å². The second kappa shape index (κ2) is 6.26. The molecule has 106 valence electrons. The van der Waals surface area contributed by atoms with Crippen molar-refractivity contribution in [2.75, 3.05) is 0 Å². The lowest BCUT2D eigenvalue weighted by molar-refractivity contribution is 0.0977. The van der Waals surface area contributed by atoms with E-state index in [9.17, 15) is 14.4 Å². The molecule has 21 heavy (non-hydrogen) atoms. The predicted molar refractivity (Wildman–Crippen MR) is 80.3 cm³/mol. The minimum absolute atomic E-state index is 0.0330. The first-order valence-electron chi connectivity index (χ1n) is 6.10. The van der Waals surface area contributed by atoms with Gasteiger partial charge in [-0.15, -0.1) is 0 Å². The fourth-order valence-electron chi connectivity index (χ4n) is 2.04. The van der Waals surface area contributed by atoms with E-state index in [1.165, 1.54) is 18.2 Å². The number of nitrogens with zero attached hydrogens (tertiary/aromatic N) is 1. The van der Waals surface area contributed by atoms with Crippen LogP contribution in [0.3, 0.4) is 0 Å². The lowest BCUT2D eigenvalue weighted by Gasteiger charge is -2.12. The Morgan fingerprint density at radius 1 is 1.19 bits per heavy atom. The number of hydrogen-bond donors (Lipinski definition) is 0. The summed E-state index contributed by atoms with van der Waals surface area (Å²) in [7, 11) is 0. The van der Waals surface area contributed by atoms with Crippen LogP contribution in [0, 0.1) is 24.1 Å². The maximum atomic E-state index is 14.0. The molecule has 1 atom stereocenters. The summed E-state index contributed by atoms with van der Waals surface area (Å²) >= 11 is 11.7. The van der Waals surface area contributed by atoms with Crippen molar-refractivity contribution in [3.05, 3.63) is 69.0 Å². The molecule has 0 heterocycles. The van der Waals surface area contributed by atoms with E-state index in [1.807, 2.05) is 6.07 Å². The number of nitriles is 1. The molecule has 1 unspecified atom stereocenters. The summed E-state index contributed by atoms with van der Waals surface area (Å²) in [6.07, 6.45) is 0. The average Bonchev–Trinajstić information content (AvgIpc) is 2.47. The number of carbonyl (C=O) groups excluding carboxylic acids is 1. The maximum Gasteiger partial charge on any atom is 0.184 e. The maximum absolute atomic E-state index is 14.0. The molecule has 0 spiro atoms. The molecule has 2 nitrogen and oxygen atoms in total. The molecule has 0 bridgehead atoms. The molecule has 2 aromatic carbocycles. The van der Waals surface area contributed by atoms with Crippen molar-refractivity contribution >= 4 is 29.0 Å². The first-order chi connectivity index (χ1) is 9.97. The Morgan fingerprint density at radius 2 is 1.81 bits per heavy atom. The van der Waals surface area contributed by atoms with Crippen LogP contribution in [-0.4, -0.2) is 5.78 Å². The van der Waals surface area contributed by atoms with E-state index >= 15 is 0 Å². The van der Waals surface area contributed by atoms with E-state index in [1.54, 1.807) is 25.1 Å². The third-order valence-electron chi connectivity index (χ3n) is 3.22. The van der Waals surface area contributed by atoms with Crippen molar-refractivity contribution in [1.82, 2.24) is 0 Å². The van der Waals surface area contributed by atoms with Gasteiger partial charge in [-0.25, -0.2) is 4.39 Å². The standard InChI is InChI=1S/C16H10Cl2FNO/c1-9-10(4-2-6-13(9)17)16(21)12(8-20)11-5-3-7-14(18)15(11)19/h2-7,12H,1H3. The topological polar surface area (TPSA) is 40.9 Å². The van der Waals surface area contributed by atoms with Gasteiger partial charge in [0.2, 0.25) is 0 Å². The molecule has 0 aromatic heterocycles. The number of carbonyl (C=O) groups is 1. The predicted octanol–water partition coefficient (Wildman–Crippen LogP) is 4.93. The molecule has 0 aliphatic heterocycles. The Balaban J connectivity index is 2.52. The summed E-state index contributed by atoms with van der Waals surface area (Å²) in [5, 5.41) is 9.57. The van der Waals surface area contributed by atoms with E-state index in [0.29, 0.717) is 16.1 Å². The normalized spacial score (nSPS) is 11.8. The Hall–Kier alpha value is -1.89. The molecule has 0 aliphatic rings. The van der Waals surface area contributed by atoms with Crippen molar-refractivity contribution in [2.24, 2.45) is 0 Å². The lowest BCUT2D eigenvalue weighted by Crippen LogP contribution is -2.14. The highest BCUT2D eigenvalue weighted by molar-refractivity contribution is 6.32. The molecule has 0 fully saturated rings. The van der Waals surface area contributed by atoms with Gasteiger partial charge in [-0.3, -0.25) is 4.79 Å². The highest BCUT2D eigenvalue weighted by Gasteiger charge is 2.27. The van der Waals surface area contributed by atoms with Crippen molar-refractivity contribution < 1.29 is 9.18 Å². The molecule has 5 heteroatoms. The zero-order valence-electron chi connectivity index (χ0n) is 11.0. The highest BCUT2D eigenvalue weighted by atomic mass is 35.5. The van der Waals surface area contributed by atoms with Gasteiger partial charge in [-0.2, -0.15) is 5.26 Å². The van der Waals surface area contributed by atoms with Gasteiger partial charge < -0.3 is 0 Å². The van der Waals surface area contributed by atoms with Gasteiger partial charge >= 0.3 is 0 Å². The van der Waals surface area contributed by atoms with Crippen molar-refractivity contribution in [3.63, 3.8) is 0 Å². The lowest BCUT2D eigenvalue weighted by atomic mass is 9.89. The average molecular weight is 322 g/mol. The van der Waals surface area contributed by atoms with Crippen molar-refractivity contribution in [1.29, 1.82) is 5.26 Å². The van der Waals surface area contributed by atoms with E-state index in [0.717, 1.165) is 0 Å².